The predicted octanol–water partition coefficient (Wildman–Crippen LogP) is 1.50. The number of likely N-dealkylation sites (N-methyl/N-ethyl adjacent to an activating group) is 5. The van der Waals surface area contributed by atoms with Crippen LogP contribution in [-0.4, -0.2) is 199 Å². The zero-order valence-corrected chi connectivity index (χ0v) is 42.4. The van der Waals surface area contributed by atoms with Crippen LogP contribution in [0.25, 0.3) is 49.0 Å². The van der Waals surface area contributed by atoms with E-state index < -0.39 is 58.3 Å². The van der Waals surface area contributed by atoms with Crippen LogP contribution in [-0.2, 0) is 57.5 Å². The summed E-state index contributed by atoms with van der Waals surface area (Å²) in [6.07, 6.45) is 7.28. The Balaban J connectivity index is -0.0000000445. The highest BCUT2D eigenvalue weighted by Crippen LogP contribution is 2.11. The molecule has 1 rings (SSSR count). The minimum atomic E-state index is -1.13. The number of hydrogen-bond donors (Lipinski definition) is 12. The third-order valence-electron chi connectivity index (χ3n) is 6.65. The summed E-state index contributed by atoms with van der Waals surface area (Å²) in [6.45, 7) is 0. The fraction of sp³-hybridized carbons (Fsp3) is 0.529. The number of aliphatic carboxylic acids is 5. The zero-order valence-electron chi connectivity index (χ0n) is 40.8. The molecule has 29 N–H and O–H groups in total. The summed E-state index contributed by atoms with van der Waals surface area (Å²) < 4.78 is 8.75. The van der Waals surface area contributed by atoms with E-state index in [2.05, 4.69) is 43.2 Å². The molecule has 7 amide bonds. The van der Waals surface area contributed by atoms with Crippen LogP contribution in [0.5, 0.6) is 0 Å². The first-order chi connectivity index (χ1) is 29.3. The van der Waals surface area contributed by atoms with Gasteiger partial charge in [0, 0.05) is 73.0 Å². The Morgan fingerprint density at radius 3 is 1.14 bits per heavy atom. The third-order valence-corrected chi connectivity index (χ3v) is 8.54. The van der Waals surface area contributed by atoms with Crippen molar-refractivity contribution in [2.75, 3.05) is 68.9 Å². The number of carbonyl (C=O) groups is 12. The van der Waals surface area contributed by atoms with Gasteiger partial charge in [-0.25, -0.2) is 4.79 Å². The van der Waals surface area contributed by atoms with Crippen molar-refractivity contribution in [3.05, 3.63) is 73.3 Å². The number of carboxylic acids is 5. The average Bonchev–Trinajstić information content (AvgIpc) is 3.55. The van der Waals surface area contributed by atoms with Crippen LogP contribution in [0.4, 0.5) is 4.48 Å². The van der Waals surface area contributed by atoms with Gasteiger partial charge in [0.2, 0.25) is 29.5 Å². The summed E-state index contributed by atoms with van der Waals surface area (Å²) in [4.78, 5) is 126. The lowest BCUT2D eigenvalue weighted by Gasteiger charge is -2.10. The summed E-state index contributed by atoms with van der Waals surface area (Å²) in [5, 5.41) is 57.4. The number of thioether (sulfide) groups is 2. The molecule has 0 saturated heterocycles. The van der Waals surface area contributed by atoms with E-state index in [1.807, 2.05) is 0 Å². The van der Waals surface area contributed by atoms with Gasteiger partial charge in [0.25, 0.3) is 11.8 Å². The molecule has 0 aromatic heterocycles. The van der Waals surface area contributed by atoms with E-state index in [0.717, 1.165) is 28.8 Å². The van der Waals surface area contributed by atoms with Crippen molar-refractivity contribution < 1.29 is 93.0 Å². The largest absolute Gasteiger partial charge is 0.693 e. The van der Waals surface area contributed by atoms with Gasteiger partial charge in [0.1, 0.15) is 11.3 Å². The summed E-state index contributed by atoms with van der Waals surface area (Å²) in [6, 6.07) is -1.44. The Bertz CT molecular complexity index is 1470. The molecular weight excluding hydrogens is 1000 g/mol. The Kier molecular flexibility index (Phi) is 94.2. The second kappa shape index (κ2) is 65.6. The molecule has 0 aromatic rings. The molecule has 0 bridgehead atoms. The summed E-state index contributed by atoms with van der Waals surface area (Å²) in [7, 11) is 11.8. The SMILES string of the molecule is CN1C(=O)C=CC1=O.CNC(=O)/C=C\C(=O)O.CNC(=O)C(CC(=O)O)NC.CNC(=O)C(CC(=O)O)SC.CNC(=O)CC(NC)C(=O)O.CNC(=O)CC(SC)C(=O)O.O.[NH-]F.[NH2-].[NH2-].[NH2-].[NH2-].[NH2-].[NH2-].[NH2-]. The van der Waals surface area contributed by atoms with Gasteiger partial charge in [-0.05, 0) is 26.6 Å². The molecule has 0 aromatic carbocycles. The second-order valence-electron chi connectivity index (χ2n) is 10.8. The lowest BCUT2D eigenvalue weighted by molar-refractivity contribution is -0.141. The van der Waals surface area contributed by atoms with Crippen LogP contribution >= 0.6 is 23.5 Å². The minimum Gasteiger partial charge on any atom is -0.693 e. The van der Waals surface area contributed by atoms with Crippen LogP contribution in [0.15, 0.2) is 24.3 Å². The van der Waals surface area contributed by atoms with Crippen molar-refractivity contribution in [3.8, 4) is 0 Å². The number of amides is 7. The number of nitrogens with zero attached hydrogens (tertiary/aromatic N) is 1. The first-order valence-corrected chi connectivity index (χ1v) is 19.9. The maximum atomic E-state index is 10.9. The number of carboxylic acid groups (broad SMARTS) is 5. The number of carbonyl (C=O) groups excluding carboxylic acids is 7. The highest BCUT2D eigenvalue weighted by molar-refractivity contribution is 8.00. The van der Waals surface area contributed by atoms with Crippen molar-refractivity contribution in [3.63, 3.8) is 0 Å². The van der Waals surface area contributed by atoms with E-state index in [-0.39, 0.29) is 110 Å². The van der Waals surface area contributed by atoms with Crippen molar-refractivity contribution in [2.45, 2.75) is 48.3 Å². The van der Waals surface area contributed by atoms with Crippen molar-refractivity contribution >= 4 is 94.7 Å². The highest BCUT2D eigenvalue weighted by atomic mass is 32.2. The maximum absolute atomic E-state index is 10.9. The van der Waals surface area contributed by atoms with E-state index in [9.17, 15) is 57.5 Å². The third kappa shape index (κ3) is 63.5. The molecule has 34 nitrogen and oxygen atoms in total. The minimum absolute atomic E-state index is 0. The average molecular weight is 1080 g/mol. The van der Waals surface area contributed by atoms with Crippen LogP contribution in [0.3, 0.4) is 0 Å². The second-order valence-corrected chi connectivity index (χ2v) is 12.9. The predicted molar refractivity (Wildman–Crippen MR) is 269 cm³/mol. The van der Waals surface area contributed by atoms with Gasteiger partial charge < -0.3 is 122 Å². The number of nitrogens with one attached hydrogen (secondary N) is 8. The molecule has 71 heavy (non-hydrogen) atoms. The standard InChI is InChI=1S/2C6H12N2O3.2C6H11NO3S.C5H7NO3.C5H5NO2.FHN.7H2N.H2O/c1-7-4(3-5(9)10)6(11)8-2;1-7-4(6(10)11)3-5(9)8-2;1-7-6(10)4(11-2)3-5(8)9;1-7-5(8)3-4(11-2)6(9)10;1-6-4(7)2-3-5(8)9;1-6-4(7)2-3-5(6)8;1-2;;;;;;;;/h4,7H,3H2,1-2H3,(H,8,11)(H,9,10);4,7H,3H2,1-2H3,(H,8,9)(H,10,11);4H,3H2,1-2H3,(H,7,10)(H,8,9);4H,3H2,1-2H3,(H,7,8)(H,9,10);2-3H,1H3,(H,6,7)(H,8,9);2-3H,1H3;2H;8*1H2/q;;;;;;8*-1;/b;;;;3-2-;;;;;;;;;;. The molecule has 37 heteroatoms. The van der Waals surface area contributed by atoms with E-state index in [1.54, 1.807) is 19.6 Å². The number of nitrogens with two attached hydrogens (primary N) is 7. The molecule has 1 heterocycles. The van der Waals surface area contributed by atoms with E-state index in [1.165, 1.54) is 73.2 Å². The number of hydrogen-bond acceptors (Lipinski definition) is 16. The normalized spacial score (nSPS) is 10.9. The van der Waals surface area contributed by atoms with Crippen molar-refractivity contribution in [1.29, 1.82) is 0 Å². The maximum Gasteiger partial charge on any atom is 0.328 e. The van der Waals surface area contributed by atoms with Gasteiger partial charge in [-0.15, -0.1) is 11.8 Å². The molecular formula is C34H75FN16O18S2-8. The number of imide groups is 1. The lowest BCUT2D eigenvalue weighted by atomic mass is 10.2. The van der Waals surface area contributed by atoms with Gasteiger partial charge >= 0.3 is 29.8 Å². The highest BCUT2D eigenvalue weighted by Gasteiger charge is 2.21. The van der Waals surface area contributed by atoms with Gasteiger partial charge in [-0.1, -0.05) is 0 Å². The van der Waals surface area contributed by atoms with Gasteiger partial charge in [-0.3, -0.25) is 57.6 Å². The molecule has 4 unspecified atom stereocenters. The van der Waals surface area contributed by atoms with Gasteiger partial charge in [0.15, 0.2) is 0 Å². The topological polar surface area (TPSA) is 683 Å². The van der Waals surface area contributed by atoms with Gasteiger partial charge in [0.05, 0.1) is 30.6 Å². The molecule has 1 aliphatic rings. The Morgan fingerprint density at radius 1 is 0.549 bits per heavy atom. The fourth-order valence-electron chi connectivity index (χ4n) is 3.12. The monoisotopic (exact) mass is 1080 g/mol. The summed E-state index contributed by atoms with van der Waals surface area (Å²) >= 11 is 2.40. The number of rotatable bonds is 18. The molecule has 4 atom stereocenters. The first-order valence-electron chi connectivity index (χ1n) is 17.3. The molecule has 0 radical (unpaired) electrons. The van der Waals surface area contributed by atoms with Gasteiger partial charge in [-0.2, -0.15) is 11.8 Å². The molecule has 0 spiro atoms. The van der Waals surface area contributed by atoms with Crippen molar-refractivity contribution in [2.24, 2.45) is 0 Å². The van der Waals surface area contributed by atoms with Crippen LogP contribution in [0, 0.1) is 0 Å². The van der Waals surface area contributed by atoms with Crippen LogP contribution in [0.2, 0.25) is 0 Å². The number of halogens is 1. The Morgan fingerprint density at radius 2 is 0.915 bits per heavy atom. The van der Waals surface area contributed by atoms with Crippen LogP contribution in [0.1, 0.15) is 25.7 Å². The smallest absolute Gasteiger partial charge is 0.328 e. The van der Waals surface area contributed by atoms with Crippen molar-refractivity contribution in [1.82, 2.24) is 42.1 Å². The van der Waals surface area contributed by atoms with E-state index >= 15 is 0 Å². The molecule has 0 fully saturated rings. The first kappa shape index (κ1) is 102. The zero-order chi connectivity index (χ0) is 50.8. The quantitative estimate of drug-likeness (QED) is 0.0683. The van der Waals surface area contributed by atoms with Crippen LogP contribution < -0.4 is 37.2 Å². The molecule has 1 aliphatic heterocycles. The summed E-state index contributed by atoms with van der Waals surface area (Å²) in [5.41, 5.74) is 0. The van der Waals surface area contributed by atoms with E-state index in [4.69, 9.17) is 30.0 Å². The molecule has 426 valence electrons. The molecule has 0 saturated carbocycles. The summed E-state index contributed by atoms with van der Waals surface area (Å²) in [5.74, 6) is -2.76. The molecule has 0 aliphatic carbocycles. The lowest BCUT2D eigenvalue weighted by Crippen LogP contribution is -2.42. The van der Waals surface area contributed by atoms with E-state index in [0.29, 0.717) is 0 Å². The Hall–Kier alpha value is -6.49. The fourth-order valence-corrected chi connectivity index (χ4v) is 4.29. The Labute approximate surface area is 419 Å².